The zero-order chi connectivity index (χ0) is 12.4. The van der Waals surface area contributed by atoms with Gasteiger partial charge >= 0.3 is 5.97 Å². The van der Waals surface area contributed by atoms with Crippen LogP contribution in [0.4, 0.5) is 0 Å². The van der Waals surface area contributed by atoms with Gasteiger partial charge in [-0.1, -0.05) is 45.7 Å². The lowest BCUT2D eigenvalue weighted by atomic mass is 9.65. The molecule has 0 heterocycles. The molecule has 2 rings (SSSR count). The van der Waals surface area contributed by atoms with E-state index < -0.39 is 27.0 Å². The second-order valence-corrected chi connectivity index (χ2v) is 6.82. The van der Waals surface area contributed by atoms with E-state index in [4.69, 9.17) is 0 Å². The van der Waals surface area contributed by atoms with Gasteiger partial charge in [0.25, 0.3) is 0 Å². The molecule has 0 spiro atoms. The number of carboxylic acid groups (broad SMARTS) is 1. The molecule has 2 fully saturated rings. The van der Waals surface area contributed by atoms with Crippen molar-refractivity contribution < 1.29 is 14.7 Å². The molecule has 1 N–H and O–H groups in total. The van der Waals surface area contributed by atoms with E-state index in [1.165, 1.54) is 0 Å². The Morgan fingerprint density at radius 3 is 2.38 bits per heavy atom. The third-order valence-electron chi connectivity index (χ3n) is 5.00. The zero-order valence-corrected chi connectivity index (χ0v) is 12.4. The molecule has 0 aliphatic heterocycles. The average Bonchev–Trinajstić information content (AvgIpc) is 2.51. The molecule has 3 nitrogen and oxygen atoms in total. The number of alkyl halides is 2. The predicted molar refractivity (Wildman–Crippen MR) is 67.0 cm³/mol. The normalized spacial score (nSPS) is 45.0. The van der Waals surface area contributed by atoms with Crippen molar-refractivity contribution in [2.45, 2.75) is 31.5 Å². The van der Waals surface area contributed by atoms with Gasteiger partial charge in [0.1, 0.15) is 0 Å². The van der Waals surface area contributed by atoms with Crippen LogP contribution in [0.2, 0.25) is 0 Å². The first kappa shape index (κ1) is 12.6. The van der Waals surface area contributed by atoms with Gasteiger partial charge in [-0.3, -0.25) is 9.59 Å². The van der Waals surface area contributed by atoms with Crippen LogP contribution in [-0.4, -0.2) is 27.0 Å². The van der Waals surface area contributed by atoms with Crippen LogP contribution in [0.5, 0.6) is 0 Å². The SMILES string of the molecule is CC1(C)[C@@]2(CBr)CC[C@@]1(C(=O)O)[C@H](Br)C2=O. The first-order chi connectivity index (χ1) is 7.28. The summed E-state index contributed by atoms with van der Waals surface area (Å²) in [5.41, 5.74) is -1.99. The fourth-order valence-electron chi connectivity index (χ4n) is 3.59. The molecule has 0 radical (unpaired) electrons. The fraction of sp³-hybridized carbons (Fsp3) is 0.818. The Morgan fingerprint density at radius 1 is 1.50 bits per heavy atom. The standard InChI is InChI=1S/C11H14Br2O3/c1-9(2)10(5-12)3-4-11(9,8(15)16)6(13)7(10)14/h6H,3-5H2,1-2H3,(H,15,16)/t6-,10-,11+/m1/s1. The Morgan fingerprint density at radius 2 is 2.06 bits per heavy atom. The first-order valence-electron chi connectivity index (χ1n) is 5.26. The maximum atomic E-state index is 12.3. The summed E-state index contributed by atoms with van der Waals surface area (Å²) in [6, 6.07) is 0. The van der Waals surface area contributed by atoms with Gasteiger partial charge in [-0.25, -0.2) is 0 Å². The summed E-state index contributed by atoms with van der Waals surface area (Å²) >= 11 is 6.72. The lowest BCUT2D eigenvalue weighted by Crippen LogP contribution is -2.45. The molecule has 2 saturated carbocycles. The van der Waals surface area contributed by atoms with Gasteiger partial charge in [0, 0.05) is 10.7 Å². The molecule has 5 heteroatoms. The Bertz CT molecular complexity index is 379. The summed E-state index contributed by atoms with van der Waals surface area (Å²) in [7, 11) is 0. The van der Waals surface area contributed by atoms with Gasteiger partial charge in [-0.2, -0.15) is 0 Å². The zero-order valence-electron chi connectivity index (χ0n) is 9.22. The highest BCUT2D eigenvalue weighted by Gasteiger charge is 2.78. The minimum absolute atomic E-state index is 0.0445. The molecule has 2 bridgehead atoms. The second-order valence-electron chi connectivity index (χ2n) is 5.34. The second kappa shape index (κ2) is 3.31. The Balaban J connectivity index is 2.67. The van der Waals surface area contributed by atoms with Crippen molar-refractivity contribution in [2.24, 2.45) is 16.2 Å². The minimum Gasteiger partial charge on any atom is -0.481 e. The quantitative estimate of drug-likeness (QED) is 0.776. The van der Waals surface area contributed by atoms with Crippen LogP contribution in [0.15, 0.2) is 0 Å². The molecule has 2 aliphatic carbocycles. The summed E-state index contributed by atoms with van der Waals surface area (Å²) < 4.78 is 0. The molecule has 16 heavy (non-hydrogen) atoms. The summed E-state index contributed by atoms with van der Waals surface area (Å²) in [6.07, 6.45) is 1.24. The number of hydrogen-bond donors (Lipinski definition) is 1. The van der Waals surface area contributed by atoms with Crippen molar-refractivity contribution in [1.29, 1.82) is 0 Å². The van der Waals surface area contributed by atoms with Crippen LogP contribution in [0.25, 0.3) is 0 Å². The number of carbonyl (C=O) groups excluding carboxylic acids is 1. The van der Waals surface area contributed by atoms with E-state index in [1.807, 2.05) is 13.8 Å². The monoisotopic (exact) mass is 352 g/mol. The number of ketones is 1. The number of fused-ring (bicyclic) bond motifs is 2. The lowest BCUT2D eigenvalue weighted by molar-refractivity contribution is -0.153. The van der Waals surface area contributed by atoms with Crippen molar-refractivity contribution in [3.05, 3.63) is 0 Å². The third-order valence-corrected chi connectivity index (χ3v) is 7.16. The maximum absolute atomic E-state index is 12.3. The molecule has 0 aromatic heterocycles. The predicted octanol–water partition coefficient (Wildman–Crippen LogP) is 2.60. The van der Waals surface area contributed by atoms with Crippen LogP contribution < -0.4 is 0 Å². The highest BCUT2D eigenvalue weighted by molar-refractivity contribution is 9.10. The van der Waals surface area contributed by atoms with Crippen molar-refractivity contribution in [2.75, 3.05) is 5.33 Å². The van der Waals surface area contributed by atoms with E-state index in [0.29, 0.717) is 18.2 Å². The molecule has 0 unspecified atom stereocenters. The molecule has 2 aliphatic rings. The van der Waals surface area contributed by atoms with E-state index in [2.05, 4.69) is 31.9 Å². The minimum atomic E-state index is -0.947. The topological polar surface area (TPSA) is 54.4 Å². The van der Waals surface area contributed by atoms with Gasteiger partial charge in [0.05, 0.1) is 10.2 Å². The van der Waals surface area contributed by atoms with Crippen LogP contribution in [0.3, 0.4) is 0 Å². The number of rotatable bonds is 2. The number of halogens is 2. The smallest absolute Gasteiger partial charge is 0.311 e. The van der Waals surface area contributed by atoms with E-state index in [-0.39, 0.29) is 5.78 Å². The summed E-state index contributed by atoms with van der Waals surface area (Å²) in [5, 5.41) is 10.1. The average molecular weight is 354 g/mol. The Hall–Kier alpha value is 0.1000. The summed E-state index contributed by atoms with van der Waals surface area (Å²) in [4.78, 5) is 23.4. The van der Waals surface area contributed by atoms with E-state index in [0.717, 1.165) is 0 Å². The van der Waals surface area contributed by atoms with Gasteiger partial charge in [-0.05, 0) is 18.3 Å². The molecule has 3 atom stereocenters. The van der Waals surface area contributed by atoms with Gasteiger partial charge in [-0.15, -0.1) is 0 Å². The Labute approximate surface area is 111 Å². The van der Waals surface area contributed by atoms with Crippen molar-refractivity contribution in [3.8, 4) is 0 Å². The van der Waals surface area contributed by atoms with Crippen LogP contribution in [0.1, 0.15) is 26.7 Å². The number of Topliss-reactive ketones (excluding diaryl/α,β-unsaturated/α-hetero) is 1. The van der Waals surface area contributed by atoms with Gasteiger partial charge in [0.15, 0.2) is 5.78 Å². The first-order valence-corrected chi connectivity index (χ1v) is 7.29. The van der Waals surface area contributed by atoms with Crippen LogP contribution >= 0.6 is 31.9 Å². The number of hydrogen-bond acceptors (Lipinski definition) is 2. The Kier molecular flexibility index (Phi) is 2.60. The molecule has 0 aromatic rings. The third kappa shape index (κ3) is 0.964. The highest BCUT2D eigenvalue weighted by Crippen LogP contribution is 2.72. The summed E-state index contributed by atoms with van der Waals surface area (Å²) in [6.45, 7) is 3.82. The fourth-order valence-corrected chi connectivity index (χ4v) is 6.28. The van der Waals surface area contributed by atoms with Crippen molar-refractivity contribution in [3.63, 3.8) is 0 Å². The van der Waals surface area contributed by atoms with Crippen molar-refractivity contribution >= 4 is 43.6 Å². The maximum Gasteiger partial charge on any atom is 0.311 e. The lowest BCUT2D eigenvalue weighted by Gasteiger charge is -2.38. The molecule has 0 aromatic carbocycles. The van der Waals surface area contributed by atoms with Crippen LogP contribution in [-0.2, 0) is 9.59 Å². The largest absolute Gasteiger partial charge is 0.481 e. The molecule has 90 valence electrons. The molecular formula is C11H14Br2O3. The number of carbonyl (C=O) groups is 2. The molecule has 0 saturated heterocycles. The highest BCUT2D eigenvalue weighted by atomic mass is 79.9. The molecular weight excluding hydrogens is 340 g/mol. The molecule has 0 amide bonds. The van der Waals surface area contributed by atoms with Gasteiger partial charge in [0.2, 0.25) is 0 Å². The van der Waals surface area contributed by atoms with E-state index >= 15 is 0 Å². The number of carboxylic acids is 1. The van der Waals surface area contributed by atoms with E-state index in [1.54, 1.807) is 0 Å². The number of aliphatic carboxylic acids is 1. The van der Waals surface area contributed by atoms with Crippen molar-refractivity contribution in [1.82, 2.24) is 0 Å². The summed E-state index contributed by atoms with van der Waals surface area (Å²) in [5.74, 6) is -0.809. The van der Waals surface area contributed by atoms with E-state index in [9.17, 15) is 14.7 Å². The van der Waals surface area contributed by atoms with Gasteiger partial charge < -0.3 is 5.11 Å². The van der Waals surface area contributed by atoms with Crippen LogP contribution in [0, 0.1) is 16.2 Å².